The minimum absolute atomic E-state index is 0.0324. The van der Waals surface area contributed by atoms with Crippen LogP contribution in [-0.2, 0) is 9.53 Å². The van der Waals surface area contributed by atoms with Crippen molar-refractivity contribution in [1.82, 2.24) is 0 Å². The third-order valence-electron chi connectivity index (χ3n) is 4.38. The van der Waals surface area contributed by atoms with Gasteiger partial charge < -0.3 is 4.74 Å². The lowest BCUT2D eigenvalue weighted by Crippen LogP contribution is -2.36. The van der Waals surface area contributed by atoms with Gasteiger partial charge in [0.25, 0.3) is 0 Å². The van der Waals surface area contributed by atoms with Crippen molar-refractivity contribution in [3.63, 3.8) is 0 Å². The zero-order chi connectivity index (χ0) is 10.3. The third-order valence-corrected chi connectivity index (χ3v) is 4.38. The normalized spacial score (nSPS) is 36.1. The summed E-state index contributed by atoms with van der Waals surface area (Å²) in [5.41, 5.74) is -0.269. The fourth-order valence-corrected chi connectivity index (χ4v) is 3.54. The van der Waals surface area contributed by atoms with Crippen LogP contribution in [0.5, 0.6) is 0 Å². The molecule has 0 heterocycles. The summed E-state index contributed by atoms with van der Waals surface area (Å²) in [4.78, 5) is 11.7. The molecule has 2 bridgehead atoms. The van der Waals surface area contributed by atoms with Crippen LogP contribution in [-0.4, -0.2) is 13.1 Å². The van der Waals surface area contributed by atoms with Crippen LogP contribution in [0.3, 0.4) is 0 Å². The Kier molecular flexibility index (Phi) is 2.32. The van der Waals surface area contributed by atoms with Gasteiger partial charge in [-0.3, -0.25) is 4.79 Å². The molecular formula is C12H20O2. The van der Waals surface area contributed by atoms with Crippen LogP contribution in [0.15, 0.2) is 0 Å². The fraction of sp³-hybridized carbons (Fsp3) is 0.917. The van der Waals surface area contributed by atoms with Crippen LogP contribution in [0, 0.1) is 23.2 Å². The molecular weight excluding hydrogens is 176 g/mol. The summed E-state index contributed by atoms with van der Waals surface area (Å²) in [5, 5.41) is 0. The second-order valence-corrected chi connectivity index (χ2v) is 5.49. The van der Waals surface area contributed by atoms with E-state index in [1.165, 1.54) is 32.8 Å². The first kappa shape index (κ1) is 10.0. The largest absolute Gasteiger partial charge is 0.469 e. The summed E-state index contributed by atoms with van der Waals surface area (Å²) in [6.45, 7) is 4.09. The summed E-state index contributed by atoms with van der Waals surface area (Å²) < 4.78 is 4.90. The number of carbonyl (C=O) groups is 1. The van der Waals surface area contributed by atoms with Crippen molar-refractivity contribution in [2.45, 2.75) is 39.5 Å². The lowest BCUT2D eigenvalue weighted by Gasteiger charge is -2.34. The smallest absolute Gasteiger partial charge is 0.311 e. The highest BCUT2D eigenvalue weighted by molar-refractivity contribution is 5.76. The molecule has 0 saturated heterocycles. The molecule has 80 valence electrons. The molecule has 2 nitrogen and oxygen atoms in total. The van der Waals surface area contributed by atoms with E-state index in [4.69, 9.17) is 4.74 Å². The van der Waals surface area contributed by atoms with E-state index in [1.54, 1.807) is 0 Å². The van der Waals surface area contributed by atoms with Gasteiger partial charge in [-0.2, -0.15) is 0 Å². The fourth-order valence-electron chi connectivity index (χ4n) is 3.54. The van der Waals surface area contributed by atoms with E-state index < -0.39 is 0 Å². The Hall–Kier alpha value is -0.530. The Morgan fingerprint density at radius 2 is 2.00 bits per heavy atom. The minimum atomic E-state index is -0.269. The Bertz CT molecular complexity index is 245. The first-order chi connectivity index (χ1) is 6.55. The zero-order valence-corrected chi connectivity index (χ0v) is 9.38. The van der Waals surface area contributed by atoms with E-state index in [9.17, 15) is 4.79 Å². The molecule has 0 spiro atoms. The van der Waals surface area contributed by atoms with Gasteiger partial charge in [0.2, 0.25) is 0 Å². The molecule has 2 rings (SSSR count). The van der Waals surface area contributed by atoms with Gasteiger partial charge in [-0.05, 0) is 50.9 Å². The minimum Gasteiger partial charge on any atom is -0.469 e. The molecule has 0 amide bonds. The van der Waals surface area contributed by atoms with Gasteiger partial charge in [0.1, 0.15) is 0 Å². The van der Waals surface area contributed by atoms with Crippen molar-refractivity contribution in [2.24, 2.45) is 23.2 Å². The maximum absolute atomic E-state index is 11.7. The molecule has 3 unspecified atom stereocenters. The zero-order valence-electron chi connectivity index (χ0n) is 9.38. The van der Waals surface area contributed by atoms with Crippen molar-refractivity contribution >= 4 is 5.97 Å². The Labute approximate surface area is 86.0 Å². The van der Waals surface area contributed by atoms with E-state index in [2.05, 4.69) is 0 Å². The quantitative estimate of drug-likeness (QED) is 0.635. The average Bonchev–Trinajstić information content (AvgIpc) is 2.77. The van der Waals surface area contributed by atoms with Gasteiger partial charge in [0.05, 0.1) is 12.5 Å². The summed E-state index contributed by atoms with van der Waals surface area (Å²) in [6.07, 6.45) is 5.31. The maximum atomic E-state index is 11.7. The van der Waals surface area contributed by atoms with Crippen LogP contribution in [0.2, 0.25) is 0 Å². The third kappa shape index (κ3) is 1.35. The monoisotopic (exact) mass is 196 g/mol. The van der Waals surface area contributed by atoms with Crippen molar-refractivity contribution in [3.05, 3.63) is 0 Å². The Morgan fingerprint density at radius 1 is 1.29 bits per heavy atom. The number of fused-ring (bicyclic) bond motifs is 2. The molecule has 0 N–H and O–H groups in total. The number of ether oxygens (including phenoxy) is 1. The molecule has 0 aromatic carbocycles. The van der Waals surface area contributed by atoms with Crippen LogP contribution in [0.4, 0.5) is 0 Å². The first-order valence-corrected chi connectivity index (χ1v) is 5.64. The van der Waals surface area contributed by atoms with E-state index in [1.807, 2.05) is 13.8 Å². The molecule has 2 heteroatoms. The molecule has 3 atom stereocenters. The van der Waals surface area contributed by atoms with Gasteiger partial charge in [-0.15, -0.1) is 0 Å². The van der Waals surface area contributed by atoms with Crippen LogP contribution in [0.25, 0.3) is 0 Å². The van der Waals surface area contributed by atoms with Gasteiger partial charge in [-0.25, -0.2) is 0 Å². The summed E-state index contributed by atoms with van der Waals surface area (Å²) >= 11 is 0. The predicted octanol–water partition coefficient (Wildman–Crippen LogP) is 2.62. The second-order valence-electron chi connectivity index (χ2n) is 5.49. The van der Waals surface area contributed by atoms with E-state index >= 15 is 0 Å². The molecule has 2 saturated carbocycles. The number of methoxy groups -OCH3 is 1. The van der Waals surface area contributed by atoms with Crippen molar-refractivity contribution in [1.29, 1.82) is 0 Å². The molecule has 0 aliphatic heterocycles. The van der Waals surface area contributed by atoms with Crippen LogP contribution in [0.1, 0.15) is 39.5 Å². The number of esters is 1. The standard InChI is InChI=1S/C12H20O2/c1-12(2,11(13)14-3)10-7-8-4-5-9(10)6-8/h8-10H,4-7H2,1-3H3. The summed E-state index contributed by atoms with van der Waals surface area (Å²) in [7, 11) is 1.50. The van der Waals surface area contributed by atoms with E-state index in [0.717, 1.165) is 11.8 Å². The van der Waals surface area contributed by atoms with Gasteiger partial charge in [-0.1, -0.05) is 6.42 Å². The highest BCUT2D eigenvalue weighted by Gasteiger charge is 2.49. The van der Waals surface area contributed by atoms with Crippen molar-refractivity contribution < 1.29 is 9.53 Å². The lowest BCUT2D eigenvalue weighted by atomic mass is 9.70. The Morgan fingerprint density at radius 3 is 2.43 bits per heavy atom. The second kappa shape index (κ2) is 3.25. The predicted molar refractivity (Wildman–Crippen MR) is 54.7 cm³/mol. The van der Waals surface area contributed by atoms with E-state index in [-0.39, 0.29) is 11.4 Å². The van der Waals surface area contributed by atoms with Gasteiger partial charge in [0, 0.05) is 0 Å². The van der Waals surface area contributed by atoms with Crippen molar-refractivity contribution in [2.75, 3.05) is 7.11 Å². The van der Waals surface area contributed by atoms with Crippen LogP contribution < -0.4 is 0 Å². The molecule has 0 radical (unpaired) electrons. The van der Waals surface area contributed by atoms with Gasteiger partial charge in [0.15, 0.2) is 0 Å². The van der Waals surface area contributed by atoms with Gasteiger partial charge >= 0.3 is 5.97 Å². The Balaban J connectivity index is 2.11. The SMILES string of the molecule is COC(=O)C(C)(C)C1CC2CCC1C2. The number of hydrogen-bond donors (Lipinski definition) is 0. The average molecular weight is 196 g/mol. The molecule has 2 fully saturated rings. The van der Waals surface area contributed by atoms with E-state index in [0.29, 0.717) is 5.92 Å². The summed E-state index contributed by atoms with van der Waals surface area (Å²) in [5.74, 6) is 2.21. The lowest BCUT2D eigenvalue weighted by molar-refractivity contribution is -0.155. The molecule has 0 aromatic heterocycles. The topological polar surface area (TPSA) is 26.3 Å². The number of rotatable bonds is 2. The highest BCUT2D eigenvalue weighted by atomic mass is 16.5. The molecule has 2 aliphatic carbocycles. The number of hydrogen-bond acceptors (Lipinski definition) is 2. The maximum Gasteiger partial charge on any atom is 0.311 e. The molecule has 0 aromatic rings. The highest BCUT2D eigenvalue weighted by Crippen LogP contribution is 2.54. The summed E-state index contributed by atoms with van der Waals surface area (Å²) in [6, 6.07) is 0. The first-order valence-electron chi connectivity index (χ1n) is 5.64. The number of carbonyl (C=O) groups excluding carboxylic acids is 1. The molecule has 14 heavy (non-hydrogen) atoms. The molecule has 2 aliphatic rings. The van der Waals surface area contributed by atoms with Crippen LogP contribution >= 0.6 is 0 Å². The van der Waals surface area contributed by atoms with Crippen molar-refractivity contribution in [3.8, 4) is 0 Å².